The van der Waals surface area contributed by atoms with E-state index in [-0.39, 0.29) is 11.1 Å². The summed E-state index contributed by atoms with van der Waals surface area (Å²) in [5.74, 6) is -1.04. The van der Waals surface area contributed by atoms with Gasteiger partial charge < -0.3 is 10.6 Å². The van der Waals surface area contributed by atoms with Crippen LogP contribution in [-0.4, -0.2) is 11.8 Å². The van der Waals surface area contributed by atoms with Gasteiger partial charge >= 0.3 is 0 Å². The van der Waals surface area contributed by atoms with E-state index in [1.165, 1.54) is 12.2 Å². The number of carbonyl (C=O) groups is 2. The van der Waals surface area contributed by atoms with E-state index in [1.54, 1.807) is 48.5 Å². The lowest BCUT2D eigenvalue weighted by molar-refractivity contribution is -0.113. The first-order valence-corrected chi connectivity index (χ1v) is 10.5. The van der Waals surface area contributed by atoms with Gasteiger partial charge in [-0.05, 0) is 66.5 Å². The van der Waals surface area contributed by atoms with Crippen LogP contribution in [-0.2, 0) is 9.59 Å². The molecule has 0 saturated heterocycles. The molecular formula is C28H22N4O2. The molecule has 0 aromatic heterocycles. The van der Waals surface area contributed by atoms with E-state index >= 15 is 0 Å². The Labute approximate surface area is 198 Å². The number of amides is 2. The van der Waals surface area contributed by atoms with Gasteiger partial charge in [0.15, 0.2) is 0 Å². The number of rotatable bonds is 6. The molecule has 0 atom stereocenters. The van der Waals surface area contributed by atoms with E-state index in [0.717, 1.165) is 11.1 Å². The first kappa shape index (κ1) is 23.7. The summed E-state index contributed by atoms with van der Waals surface area (Å²) in [5, 5.41) is 24.5. The maximum Gasteiger partial charge on any atom is 0.266 e. The third-order valence-corrected chi connectivity index (χ3v) is 5.05. The molecule has 0 aliphatic rings. The number of hydrogen-bond donors (Lipinski definition) is 2. The van der Waals surface area contributed by atoms with Gasteiger partial charge in [0, 0.05) is 11.4 Å². The summed E-state index contributed by atoms with van der Waals surface area (Å²) >= 11 is 0. The minimum absolute atomic E-state index is 0.0674. The molecule has 0 aliphatic heterocycles. The van der Waals surface area contributed by atoms with E-state index in [0.29, 0.717) is 22.5 Å². The highest BCUT2D eigenvalue weighted by Crippen LogP contribution is 2.18. The zero-order valence-corrected chi connectivity index (χ0v) is 18.8. The summed E-state index contributed by atoms with van der Waals surface area (Å²) in [5.41, 5.74) is 4.06. The van der Waals surface area contributed by atoms with Crippen LogP contribution >= 0.6 is 0 Å². The van der Waals surface area contributed by atoms with Crippen molar-refractivity contribution in [3.63, 3.8) is 0 Å². The highest BCUT2D eigenvalue weighted by molar-refractivity contribution is 6.11. The molecular weight excluding hydrogens is 424 g/mol. The molecule has 34 heavy (non-hydrogen) atoms. The Morgan fingerprint density at radius 3 is 1.47 bits per heavy atom. The largest absolute Gasteiger partial charge is 0.321 e. The van der Waals surface area contributed by atoms with Crippen molar-refractivity contribution in [1.82, 2.24) is 0 Å². The minimum Gasteiger partial charge on any atom is -0.321 e. The van der Waals surface area contributed by atoms with Crippen LogP contribution in [0, 0.1) is 36.5 Å². The predicted molar refractivity (Wildman–Crippen MR) is 133 cm³/mol. The molecule has 3 aromatic carbocycles. The van der Waals surface area contributed by atoms with Crippen LogP contribution in [0.3, 0.4) is 0 Å². The molecule has 0 spiro atoms. The molecule has 166 valence electrons. The number of benzene rings is 3. The number of hydrogen-bond acceptors (Lipinski definition) is 4. The second kappa shape index (κ2) is 11.1. The Morgan fingerprint density at radius 2 is 1.09 bits per heavy atom. The maximum absolute atomic E-state index is 12.6. The summed E-state index contributed by atoms with van der Waals surface area (Å²) in [6, 6.07) is 25.3. The third kappa shape index (κ3) is 6.06. The van der Waals surface area contributed by atoms with E-state index in [2.05, 4.69) is 10.6 Å². The Kier molecular flexibility index (Phi) is 7.73. The SMILES string of the molecule is Cc1ccccc1NC(=O)/C(C#N)=C/c1cccc(/C=C(\C#N)C(=O)Nc2ccccc2C)c1. The van der Waals surface area contributed by atoms with Gasteiger partial charge in [0.1, 0.15) is 23.3 Å². The smallest absolute Gasteiger partial charge is 0.266 e. The molecule has 2 N–H and O–H groups in total. The molecule has 2 amide bonds. The van der Waals surface area contributed by atoms with Crippen molar-refractivity contribution in [2.45, 2.75) is 13.8 Å². The molecule has 0 aliphatic carbocycles. The number of para-hydroxylation sites is 2. The van der Waals surface area contributed by atoms with E-state index in [9.17, 15) is 20.1 Å². The number of nitrogens with one attached hydrogen (secondary N) is 2. The van der Waals surface area contributed by atoms with Crippen molar-refractivity contribution >= 4 is 35.3 Å². The van der Waals surface area contributed by atoms with Gasteiger partial charge in [-0.2, -0.15) is 10.5 Å². The van der Waals surface area contributed by atoms with E-state index in [4.69, 9.17) is 0 Å². The molecule has 0 bridgehead atoms. The fourth-order valence-corrected chi connectivity index (χ4v) is 3.17. The van der Waals surface area contributed by atoms with Crippen LogP contribution in [0.5, 0.6) is 0 Å². The number of nitrogens with zero attached hydrogens (tertiary/aromatic N) is 2. The zero-order valence-electron chi connectivity index (χ0n) is 18.8. The predicted octanol–water partition coefficient (Wildman–Crippen LogP) is 5.39. The number of carbonyl (C=O) groups excluding carboxylic acids is 2. The lowest BCUT2D eigenvalue weighted by Gasteiger charge is -2.08. The van der Waals surface area contributed by atoms with Crippen LogP contribution in [0.4, 0.5) is 11.4 Å². The molecule has 6 heteroatoms. The van der Waals surface area contributed by atoms with E-state index in [1.807, 2.05) is 50.3 Å². The van der Waals surface area contributed by atoms with Crippen LogP contribution < -0.4 is 10.6 Å². The summed E-state index contributed by atoms with van der Waals surface area (Å²) in [4.78, 5) is 25.2. The molecule has 0 heterocycles. The van der Waals surface area contributed by atoms with Gasteiger partial charge in [0.25, 0.3) is 11.8 Å². The van der Waals surface area contributed by atoms with Gasteiger partial charge in [-0.25, -0.2) is 0 Å². The Bertz CT molecular complexity index is 1290. The maximum atomic E-state index is 12.6. The van der Waals surface area contributed by atoms with Gasteiger partial charge in [0.2, 0.25) is 0 Å². The average Bonchev–Trinajstić information content (AvgIpc) is 2.84. The van der Waals surface area contributed by atoms with Crippen LogP contribution in [0.25, 0.3) is 12.2 Å². The fraction of sp³-hybridized carbons (Fsp3) is 0.0714. The van der Waals surface area contributed by atoms with Crippen molar-refractivity contribution in [3.8, 4) is 12.1 Å². The number of aryl methyl sites for hydroxylation is 2. The zero-order chi connectivity index (χ0) is 24.5. The van der Waals surface area contributed by atoms with Crippen LogP contribution in [0.2, 0.25) is 0 Å². The topological polar surface area (TPSA) is 106 Å². The normalized spacial score (nSPS) is 11.2. The standard InChI is InChI=1S/C28H22N4O2/c1-19-8-3-5-12-25(19)31-27(33)23(17-29)15-21-10-7-11-22(14-21)16-24(18-30)28(34)32-26-13-6-4-9-20(26)2/h3-16H,1-2H3,(H,31,33)(H,32,34)/b23-15+,24-16+. The Hall–Kier alpha value is -4.94. The molecule has 3 aromatic rings. The number of nitriles is 2. The summed E-state index contributed by atoms with van der Waals surface area (Å²) in [7, 11) is 0. The fourth-order valence-electron chi connectivity index (χ4n) is 3.17. The van der Waals surface area contributed by atoms with Crippen molar-refractivity contribution in [2.24, 2.45) is 0 Å². The van der Waals surface area contributed by atoms with Gasteiger partial charge in [-0.1, -0.05) is 54.6 Å². The average molecular weight is 447 g/mol. The van der Waals surface area contributed by atoms with Crippen LogP contribution in [0.1, 0.15) is 22.3 Å². The van der Waals surface area contributed by atoms with Gasteiger partial charge in [0.05, 0.1) is 0 Å². The summed E-state index contributed by atoms with van der Waals surface area (Å²) in [6.45, 7) is 3.73. The van der Waals surface area contributed by atoms with Gasteiger partial charge in [-0.15, -0.1) is 0 Å². The van der Waals surface area contributed by atoms with Crippen LogP contribution in [0.15, 0.2) is 83.9 Å². The summed E-state index contributed by atoms with van der Waals surface area (Å²) in [6.07, 6.45) is 2.93. The van der Waals surface area contributed by atoms with Crippen molar-refractivity contribution < 1.29 is 9.59 Å². The minimum atomic E-state index is -0.520. The Morgan fingerprint density at radius 1 is 0.676 bits per heavy atom. The molecule has 6 nitrogen and oxygen atoms in total. The third-order valence-electron chi connectivity index (χ3n) is 5.05. The molecule has 0 unspecified atom stereocenters. The highest BCUT2D eigenvalue weighted by atomic mass is 16.2. The highest BCUT2D eigenvalue weighted by Gasteiger charge is 2.12. The van der Waals surface area contributed by atoms with Crippen molar-refractivity contribution in [3.05, 3.63) is 106 Å². The van der Waals surface area contributed by atoms with Crippen molar-refractivity contribution in [2.75, 3.05) is 10.6 Å². The first-order valence-electron chi connectivity index (χ1n) is 10.5. The van der Waals surface area contributed by atoms with Crippen molar-refractivity contribution in [1.29, 1.82) is 10.5 Å². The monoisotopic (exact) mass is 446 g/mol. The quantitative estimate of drug-likeness (QED) is 0.391. The molecule has 0 saturated carbocycles. The summed E-state index contributed by atoms with van der Waals surface area (Å²) < 4.78 is 0. The second-order valence-electron chi connectivity index (χ2n) is 7.55. The lowest BCUT2D eigenvalue weighted by atomic mass is 10.1. The van der Waals surface area contributed by atoms with E-state index < -0.39 is 11.8 Å². The Balaban J connectivity index is 1.82. The van der Waals surface area contributed by atoms with Gasteiger partial charge in [-0.3, -0.25) is 9.59 Å². The lowest BCUT2D eigenvalue weighted by Crippen LogP contribution is -2.14. The first-order chi connectivity index (χ1) is 16.4. The molecule has 0 radical (unpaired) electrons. The molecule has 3 rings (SSSR count). The number of anilines is 2. The second-order valence-corrected chi connectivity index (χ2v) is 7.55. The molecule has 0 fully saturated rings.